The standard InChI is InChI=1S/C11H20N2O/c1-8(2)6-7-12-10-4-5-11(14)13-9(10)3/h6,9-10,12H,4-5,7H2,1-3H3,(H,13,14). The first-order valence-corrected chi connectivity index (χ1v) is 5.25. The summed E-state index contributed by atoms with van der Waals surface area (Å²) in [4.78, 5) is 11.1. The number of hydrogen-bond donors (Lipinski definition) is 2. The van der Waals surface area contributed by atoms with Gasteiger partial charge in [-0.1, -0.05) is 11.6 Å². The second kappa shape index (κ2) is 5.15. The number of rotatable bonds is 3. The van der Waals surface area contributed by atoms with E-state index >= 15 is 0 Å². The topological polar surface area (TPSA) is 41.1 Å². The van der Waals surface area contributed by atoms with E-state index in [1.54, 1.807) is 0 Å². The molecule has 1 aliphatic rings. The first kappa shape index (κ1) is 11.2. The van der Waals surface area contributed by atoms with Gasteiger partial charge < -0.3 is 10.6 Å². The van der Waals surface area contributed by atoms with E-state index in [0.29, 0.717) is 12.5 Å². The Hall–Kier alpha value is -0.830. The third-order valence-corrected chi connectivity index (χ3v) is 2.56. The molecular weight excluding hydrogens is 176 g/mol. The highest BCUT2D eigenvalue weighted by Gasteiger charge is 2.23. The maximum atomic E-state index is 11.1. The van der Waals surface area contributed by atoms with Crippen LogP contribution < -0.4 is 10.6 Å². The number of carbonyl (C=O) groups is 1. The molecule has 14 heavy (non-hydrogen) atoms. The number of nitrogens with one attached hydrogen (secondary N) is 2. The maximum Gasteiger partial charge on any atom is 0.220 e. The number of hydrogen-bond acceptors (Lipinski definition) is 2. The van der Waals surface area contributed by atoms with Crippen molar-refractivity contribution in [3.05, 3.63) is 11.6 Å². The smallest absolute Gasteiger partial charge is 0.220 e. The zero-order valence-corrected chi connectivity index (χ0v) is 9.26. The Balaban J connectivity index is 2.31. The molecular formula is C11H20N2O. The molecule has 0 radical (unpaired) electrons. The minimum absolute atomic E-state index is 0.178. The SMILES string of the molecule is CC(C)=CCNC1CCC(=O)NC1C. The summed E-state index contributed by atoms with van der Waals surface area (Å²) in [6.07, 6.45) is 3.77. The fourth-order valence-corrected chi connectivity index (χ4v) is 1.66. The Morgan fingerprint density at radius 3 is 2.93 bits per heavy atom. The normalized spacial score (nSPS) is 26.9. The Bertz CT molecular complexity index is 231. The second-order valence-corrected chi connectivity index (χ2v) is 4.19. The highest BCUT2D eigenvalue weighted by Crippen LogP contribution is 2.08. The summed E-state index contributed by atoms with van der Waals surface area (Å²) in [6, 6.07) is 0.671. The lowest BCUT2D eigenvalue weighted by atomic mass is 9.99. The van der Waals surface area contributed by atoms with Crippen molar-refractivity contribution in [3.63, 3.8) is 0 Å². The highest BCUT2D eigenvalue weighted by molar-refractivity contribution is 5.77. The molecule has 3 heteroatoms. The van der Waals surface area contributed by atoms with Crippen molar-refractivity contribution in [1.82, 2.24) is 10.6 Å². The van der Waals surface area contributed by atoms with Gasteiger partial charge in [0.15, 0.2) is 0 Å². The van der Waals surface area contributed by atoms with Gasteiger partial charge in [-0.05, 0) is 27.2 Å². The summed E-state index contributed by atoms with van der Waals surface area (Å²) in [5.41, 5.74) is 1.32. The van der Waals surface area contributed by atoms with Crippen LogP contribution >= 0.6 is 0 Å². The van der Waals surface area contributed by atoms with Crippen LogP contribution in [0, 0.1) is 0 Å². The van der Waals surface area contributed by atoms with Crippen LogP contribution in [-0.4, -0.2) is 24.5 Å². The van der Waals surface area contributed by atoms with Crippen molar-refractivity contribution >= 4 is 5.91 Å². The summed E-state index contributed by atoms with van der Waals surface area (Å²) in [5, 5.41) is 6.38. The fourth-order valence-electron chi connectivity index (χ4n) is 1.66. The molecule has 80 valence electrons. The molecule has 2 N–H and O–H groups in total. The van der Waals surface area contributed by atoms with Gasteiger partial charge in [-0.25, -0.2) is 0 Å². The molecule has 0 aromatic heterocycles. The lowest BCUT2D eigenvalue weighted by molar-refractivity contribution is -0.123. The summed E-state index contributed by atoms with van der Waals surface area (Å²) in [7, 11) is 0. The Morgan fingerprint density at radius 2 is 2.36 bits per heavy atom. The molecule has 2 atom stereocenters. The molecule has 0 aromatic carbocycles. The molecule has 0 spiro atoms. The number of amides is 1. The lowest BCUT2D eigenvalue weighted by Gasteiger charge is -2.30. The second-order valence-electron chi connectivity index (χ2n) is 4.19. The quantitative estimate of drug-likeness (QED) is 0.666. The lowest BCUT2D eigenvalue weighted by Crippen LogP contribution is -2.52. The van der Waals surface area contributed by atoms with E-state index in [4.69, 9.17) is 0 Å². The Labute approximate surface area is 86.0 Å². The van der Waals surface area contributed by atoms with E-state index < -0.39 is 0 Å². The Kier molecular flexibility index (Phi) is 4.14. The van der Waals surface area contributed by atoms with Crippen LogP contribution in [0.4, 0.5) is 0 Å². The monoisotopic (exact) mass is 196 g/mol. The first-order valence-electron chi connectivity index (χ1n) is 5.25. The molecule has 0 aliphatic carbocycles. The molecule has 1 aliphatic heterocycles. The predicted molar refractivity (Wildman–Crippen MR) is 58.1 cm³/mol. The van der Waals surface area contributed by atoms with Crippen LogP contribution in [0.5, 0.6) is 0 Å². The third kappa shape index (κ3) is 3.50. The van der Waals surface area contributed by atoms with Crippen molar-refractivity contribution in [2.75, 3.05) is 6.54 Å². The molecule has 0 aromatic rings. The van der Waals surface area contributed by atoms with Gasteiger partial charge in [0, 0.05) is 25.0 Å². The summed E-state index contributed by atoms with van der Waals surface area (Å²) >= 11 is 0. The van der Waals surface area contributed by atoms with Crippen LogP contribution in [0.3, 0.4) is 0 Å². The zero-order chi connectivity index (χ0) is 10.6. The van der Waals surface area contributed by atoms with E-state index in [1.807, 2.05) is 0 Å². The molecule has 1 fully saturated rings. The van der Waals surface area contributed by atoms with Gasteiger partial charge in [0.2, 0.25) is 5.91 Å². The average molecular weight is 196 g/mol. The van der Waals surface area contributed by atoms with Crippen molar-refractivity contribution in [1.29, 1.82) is 0 Å². The van der Waals surface area contributed by atoms with Crippen molar-refractivity contribution in [2.24, 2.45) is 0 Å². The molecule has 0 bridgehead atoms. The molecule has 1 heterocycles. The minimum Gasteiger partial charge on any atom is -0.352 e. The predicted octanol–water partition coefficient (Wildman–Crippen LogP) is 1.21. The van der Waals surface area contributed by atoms with Gasteiger partial charge in [0.05, 0.1) is 0 Å². The van der Waals surface area contributed by atoms with Gasteiger partial charge in [-0.15, -0.1) is 0 Å². The highest BCUT2D eigenvalue weighted by atomic mass is 16.1. The number of carbonyl (C=O) groups excluding carboxylic acids is 1. The van der Waals surface area contributed by atoms with E-state index in [1.165, 1.54) is 5.57 Å². The molecule has 1 rings (SSSR count). The average Bonchev–Trinajstić information content (AvgIpc) is 2.08. The Morgan fingerprint density at radius 1 is 1.64 bits per heavy atom. The molecule has 1 saturated heterocycles. The summed E-state index contributed by atoms with van der Waals surface area (Å²) in [5.74, 6) is 0.178. The third-order valence-electron chi connectivity index (χ3n) is 2.56. The molecule has 1 amide bonds. The van der Waals surface area contributed by atoms with E-state index in [-0.39, 0.29) is 11.9 Å². The zero-order valence-electron chi connectivity index (χ0n) is 9.26. The van der Waals surface area contributed by atoms with Crippen LogP contribution in [0.1, 0.15) is 33.6 Å². The van der Waals surface area contributed by atoms with Crippen LogP contribution in [-0.2, 0) is 4.79 Å². The van der Waals surface area contributed by atoms with E-state index in [2.05, 4.69) is 37.5 Å². The van der Waals surface area contributed by atoms with Gasteiger partial charge in [-0.2, -0.15) is 0 Å². The first-order chi connectivity index (χ1) is 6.59. The molecule has 0 saturated carbocycles. The van der Waals surface area contributed by atoms with Crippen molar-refractivity contribution in [2.45, 2.75) is 45.7 Å². The van der Waals surface area contributed by atoms with E-state index in [9.17, 15) is 4.79 Å². The van der Waals surface area contributed by atoms with Crippen molar-refractivity contribution in [3.8, 4) is 0 Å². The van der Waals surface area contributed by atoms with Crippen LogP contribution in [0.25, 0.3) is 0 Å². The minimum atomic E-state index is 0.178. The maximum absolute atomic E-state index is 11.1. The largest absolute Gasteiger partial charge is 0.352 e. The van der Waals surface area contributed by atoms with Gasteiger partial charge in [-0.3, -0.25) is 4.79 Å². The van der Waals surface area contributed by atoms with Gasteiger partial charge in [0.25, 0.3) is 0 Å². The van der Waals surface area contributed by atoms with Gasteiger partial charge >= 0.3 is 0 Å². The van der Waals surface area contributed by atoms with Crippen LogP contribution in [0.2, 0.25) is 0 Å². The van der Waals surface area contributed by atoms with Crippen molar-refractivity contribution < 1.29 is 4.79 Å². The summed E-state index contributed by atoms with van der Waals surface area (Å²) < 4.78 is 0. The fraction of sp³-hybridized carbons (Fsp3) is 0.727. The number of piperidine rings is 1. The van der Waals surface area contributed by atoms with Crippen LogP contribution in [0.15, 0.2) is 11.6 Å². The van der Waals surface area contributed by atoms with Gasteiger partial charge in [0.1, 0.15) is 0 Å². The van der Waals surface area contributed by atoms with E-state index in [0.717, 1.165) is 13.0 Å². The number of allylic oxidation sites excluding steroid dienone is 1. The molecule has 2 unspecified atom stereocenters. The summed E-state index contributed by atoms with van der Waals surface area (Å²) in [6.45, 7) is 7.13. The molecule has 3 nitrogen and oxygen atoms in total.